The van der Waals surface area contributed by atoms with Crippen LogP contribution in [0.15, 0.2) is 29.2 Å². The number of halogens is 3. The SMILES string of the molecule is CCCCOc1ccccc1S.FC(F)F. The first kappa shape index (κ1) is 15.2. The van der Waals surface area contributed by atoms with Gasteiger partial charge in [-0.3, -0.25) is 0 Å². The molecule has 0 saturated carbocycles. The Bertz CT molecular complexity index is 279. The normalized spacial score (nSPS) is 9.62. The van der Waals surface area contributed by atoms with Crippen molar-refractivity contribution in [3.63, 3.8) is 0 Å². The van der Waals surface area contributed by atoms with Crippen molar-refractivity contribution >= 4 is 12.6 Å². The van der Waals surface area contributed by atoms with Gasteiger partial charge in [0.05, 0.1) is 6.61 Å². The Morgan fingerprint density at radius 2 is 1.81 bits per heavy atom. The van der Waals surface area contributed by atoms with E-state index in [1.807, 2.05) is 24.3 Å². The van der Waals surface area contributed by atoms with Crippen molar-refractivity contribution in [2.45, 2.75) is 31.3 Å². The summed E-state index contributed by atoms with van der Waals surface area (Å²) in [6.45, 7) is -0.732. The van der Waals surface area contributed by atoms with Gasteiger partial charge in [-0.25, -0.2) is 0 Å². The molecule has 0 bridgehead atoms. The summed E-state index contributed by atoms with van der Waals surface area (Å²) in [5, 5.41) is 0. The molecule has 16 heavy (non-hydrogen) atoms. The second-order valence-electron chi connectivity index (χ2n) is 2.92. The average Bonchev–Trinajstić information content (AvgIpc) is 2.20. The number of hydrogen-bond donors (Lipinski definition) is 1. The average molecular weight is 252 g/mol. The van der Waals surface area contributed by atoms with E-state index in [9.17, 15) is 13.2 Å². The summed E-state index contributed by atoms with van der Waals surface area (Å²) in [4.78, 5) is 0.911. The molecule has 0 spiro atoms. The van der Waals surface area contributed by atoms with Gasteiger partial charge in [0, 0.05) is 4.90 Å². The van der Waals surface area contributed by atoms with Gasteiger partial charge in [-0.05, 0) is 18.6 Å². The Hall–Kier alpha value is -0.840. The minimum absolute atomic E-state index is 0.786. The largest absolute Gasteiger partial charge is 0.492 e. The second-order valence-corrected chi connectivity index (χ2v) is 3.40. The topological polar surface area (TPSA) is 9.23 Å². The van der Waals surface area contributed by atoms with Gasteiger partial charge in [0.1, 0.15) is 5.75 Å². The molecular formula is C11H15F3OS. The van der Waals surface area contributed by atoms with Crippen LogP contribution in [0.2, 0.25) is 0 Å². The Morgan fingerprint density at radius 1 is 1.25 bits per heavy atom. The molecule has 5 heteroatoms. The number of para-hydroxylation sites is 1. The van der Waals surface area contributed by atoms with Gasteiger partial charge < -0.3 is 4.74 Å². The third-order valence-electron chi connectivity index (χ3n) is 1.62. The number of hydrogen-bond acceptors (Lipinski definition) is 2. The molecule has 0 aliphatic rings. The van der Waals surface area contributed by atoms with E-state index in [-0.39, 0.29) is 0 Å². The van der Waals surface area contributed by atoms with Gasteiger partial charge in [-0.15, -0.1) is 12.6 Å². The molecule has 0 heterocycles. The maximum absolute atomic E-state index is 9.67. The van der Waals surface area contributed by atoms with Crippen molar-refractivity contribution in [1.29, 1.82) is 0 Å². The van der Waals surface area contributed by atoms with Gasteiger partial charge in [0.25, 0.3) is 0 Å². The Kier molecular flexibility index (Phi) is 8.90. The third-order valence-corrected chi connectivity index (χ3v) is 1.99. The van der Waals surface area contributed by atoms with E-state index < -0.39 is 6.68 Å². The number of thiol groups is 1. The lowest BCUT2D eigenvalue weighted by Crippen LogP contribution is -1.96. The molecule has 0 radical (unpaired) electrons. The molecule has 92 valence electrons. The molecule has 0 amide bonds. The van der Waals surface area contributed by atoms with E-state index in [4.69, 9.17) is 4.74 Å². The molecule has 0 unspecified atom stereocenters. The van der Waals surface area contributed by atoms with Crippen LogP contribution in [-0.2, 0) is 0 Å². The third kappa shape index (κ3) is 8.47. The molecule has 0 fully saturated rings. The maximum atomic E-state index is 9.67. The van der Waals surface area contributed by atoms with Crippen molar-refractivity contribution in [3.8, 4) is 5.75 Å². The van der Waals surface area contributed by atoms with Crippen LogP contribution in [-0.4, -0.2) is 13.3 Å². The van der Waals surface area contributed by atoms with E-state index in [2.05, 4.69) is 19.6 Å². The predicted octanol–water partition coefficient (Wildman–Crippen LogP) is 4.33. The molecule has 1 rings (SSSR count). The minimum Gasteiger partial charge on any atom is -0.492 e. The maximum Gasteiger partial charge on any atom is 0.379 e. The van der Waals surface area contributed by atoms with Gasteiger partial charge in [0.15, 0.2) is 0 Å². The van der Waals surface area contributed by atoms with Crippen LogP contribution in [0.3, 0.4) is 0 Å². The first-order chi connectivity index (χ1) is 7.57. The summed E-state index contributed by atoms with van der Waals surface area (Å²) < 4.78 is 34.5. The van der Waals surface area contributed by atoms with Crippen LogP contribution in [0, 0.1) is 0 Å². The lowest BCUT2D eigenvalue weighted by atomic mass is 10.3. The molecule has 0 aliphatic carbocycles. The molecule has 0 aliphatic heterocycles. The van der Waals surface area contributed by atoms with Crippen LogP contribution in [0.25, 0.3) is 0 Å². The molecule has 0 aromatic heterocycles. The molecular weight excluding hydrogens is 237 g/mol. The predicted molar refractivity (Wildman–Crippen MR) is 61.2 cm³/mol. The van der Waals surface area contributed by atoms with E-state index in [0.717, 1.165) is 30.1 Å². The molecule has 1 aromatic carbocycles. The van der Waals surface area contributed by atoms with E-state index >= 15 is 0 Å². The molecule has 1 aromatic rings. The summed E-state index contributed by atoms with van der Waals surface area (Å²) in [5.74, 6) is 0.884. The molecule has 1 nitrogen and oxygen atoms in total. The standard InChI is InChI=1S/C10H14OS.CHF3/c1-2-3-8-11-9-6-4-5-7-10(9)12;2-1(3)4/h4-7,12H,2-3,8H2,1H3;1H. The first-order valence-corrected chi connectivity index (χ1v) is 5.35. The molecule has 0 atom stereocenters. The Morgan fingerprint density at radius 3 is 2.31 bits per heavy atom. The van der Waals surface area contributed by atoms with Gasteiger partial charge in [0.2, 0.25) is 0 Å². The highest BCUT2D eigenvalue weighted by atomic mass is 32.1. The van der Waals surface area contributed by atoms with Gasteiger partial charge in [-0.2, -0.15) is 13.2 Å². The van der Waals surface area contributed by atoms with Crippen molar-refractivity contribution in [1.82, 2.24) is 0 Å². The fourth-order valence-corrected chi connectivity index (χ4v) is 1.13. The van der Waals surface area contributed by atoms with Crippen molar-refractivity contribution < 1.29 is 17.9 Å². The summed E-state index contributed by atoms with van der Waals surface area (Å²) in [7, 11) is 0. The fraction of sp³-hybridized carbons (Fsp3) is 0.455. The van der Waals surface area contributed by atoms with Crippen LogP contribution in [0.5, 0.6) is 5.75 Å². The van der Waals surface area contributed by atoms with Crippen LogP contribution in [0.4, 0.5) is 13.2 Å². The Labute approximate surface area is 99.0 Å². The second kappa shape index (κ2) is 9.39. The lowest BCUT2D eigenvalue weighted by Gasteiger charge is -2.06. The lowest BCUT2D eigenvalue weighted by molar-refractivity contribution is 0.00819. The summed E-state index contributed by atoms with van der Waals surface area (Å²) >= 11 is 4.28. The summed E-state index contributed by atoms with van der Waals surface area (Å²) in [6.07, 6.45) is 2.26. The quantitative estimate of drug-likeness (QED) is 0.619. The van der Waals surface area contributed by atoms with Crippen molar-refractivity contribution in [3.05, 3.63) is 24.3 Å². The smallest absolute Gasteiger partial charge is 0.379 e. The number of ether oxygens (including phenoxy) is 1. The van der Waals surface area contributed by atoms with Crippen molar-refractivity contribution in [2.75, 3.05) is 6.61 Å². The number of alkyl halides is 3. The van der Waals surface area contributed by atoms with E-state index in [1.54, 1.807) is 0 Å². The van der Waals surface area contributed by atoms with Crippen LogP contribution >= 0.6 is 12.6 Å². The zero-order chi connectivity index (χ0) is 12.4. The fourth-order valence-electron chi connectivity index (χ4n) is 0.906. The number of rotatable bonds is 4. The number of unbranched alkanes of at least 4 members (excludes halogenated alkanes) is 1. The van der Waals surface area contributed by atoms with E-state index in [0.29, 0.717) is 0 Å². The van der Waals surface area contributed by atoms with Crippen molar-refractivity contribution in [2.24, 2.45) is 0 Å². The van der Waals surface area contributed by atoms with Crippen LogP contribution in [0.1, 0.15) is 19.8 Å². The molecule has 0 saturated heterocycles. The number of benzene rings is 1. The zero-order valence-corrected chi connectivity index (χ0v) is 9.89. The van der Waals surface area contributed by atoms with Gasteiger partial charge >= 0.3 is 6.68 Å². The highest BCUT2D eigenvalue weighted by molar-refractivity contribution is 7.80. The highest BCUT2D eigenvalue weighted by Crippen LogP contribution is 2.21. The zero-order valence-electron chi connectivity index (χ0n) is 9.00. The van der Waals surface area contributed by atoms with Gasteiger partial charge in [-0.1, -0.05) is 25.5 Å². The summed E-state index contributed by atoms with van der Waals surface area (Å²) in [5.41, 5.74) is 0. The van der Waals surface area contributed by atoms with Crippen LogP contribution < -0.4 is 4.74 Å². The molecule has 0 N–H and O–H groups in total. The van der Waals surface area contributed by atoms with E-state index in [1.165, 1.54) is 0 Å². The first-order valence-electron chi connectivity index (χ1n) is 4.91. The monoisotopic (exact) mass is 252 g/mol. The minimum atomic E-state index is -3.67. The summed E-state index contributed by atoms with van der Waals surface area (Å²) in [6, 6.07) is 7.79. The highest BCUT2D eigenvalue weighted by Gasteiger charge is 1.96. The Balaban J connectivity index is 0.000000487.